The van der Waals surface area contributed by atoms with E-state index >= 15 is 0 Å². The highest BCUT2D eigenvalue weighted by Crippen LogP contribution is 2.26. The summed E-state index contributed by atoms with van der Waals surface area (Å²) >= 11 is 1.14. The van der Waals surface area contributed by atoms with Crippen LogP contribution in [-0.4, -0.2) is 11.0 Å². The summed E-state index contributed by atoms with van der Waals surface area (Å²) in [6, 6.07) is 5.74. The number of hydrogen-bond donors (Lipinski definition) is 0. The van der Waals surface area contributed by atoms with E-state index < -0.39 is 7.95 Å². The molecule has 0 radical (unpaired) electrons. The summed E-state index contributed by atoms with van der Waals surface area (Å²) in [7, 11) is -1.63. The van der Waals surface area contributed by atoms with Gasteiger partial charge >= 0.3 is 12.8 Å². The first-order chi connectivity index (χ1) is 6.59. The van der Waals surface area contributed by atoms with Crippen molar-refractivity contribution in [3.05, 3.63) is 33.4 Å². The van der Waals surface area contributed by atoms with Gasteiger partial charge in [-0.3, -0.25) is 4.79 Å². The first-order valence-electron chi connectivity index (χ1n) is 4.13. The molecule has 1 unspecified atom stereocenters. The smallest absolute Gasteiger partial charge is 0.253 e. The molecule has 1 aromatic carbocycles. The van der Waals surface area contributed by atoms with Gasteiger partial charge in [0.05, 0.1) is 4.70 Å². The highest BCUT2D eigenvalue weighted by Gasteiger charge is 2.19. The lowest BCUT2D eigenvalue weighted by Crippen LogP contribution is -2.04. The van der Waals surface area contributed by atoms with E-state index in [1.807, 2.05) is 25.1 Å². The summed E-state index contributed by atoms with van der Waals surface area (Å²) in [6.07, 6.45) is 0. The Morgan fingerprint density at radius 3 is 2.79 bits per heavy atom. The molecule has 2 rings (SSSR count). The van der Waals surface area contributed by atoms with Gasteiger partial charge in [-0.1, -0.05) is 21.7 Å². The van der Waals surface area contributed by atoms with Crippen LogP contribution in [0.3, 0.4) is 0 Å². The van der Waals surface area contributed by atoms with Gasteiger partial charge in [0, 0.05) is 0 Å². The average molecular weight is 226 g/mol. The van der Waals surface area contributed by atoms with Crippen LogP contribution in [0.2, 0.25) is 0 Å². The zero-order valence-electron chi connectivity index (χ0n) is 7.85. The number of rotatable bonds is 1. The maximum absolute atomic E-state index is 11.5. The van der Waals surface area contributed by atoms with Crippen molar-refractivity contribution >= 4 is 29.5 Å². The first-order valence-corrected chi connectivity index (χ1v) is 6.60. The van der Waals surface area contributed by atoms with Gasteiger partial charge in [-0.05, 0) is 29.2 Å². The minimum atomic E-state index is -1.63. The molecule has 0 bridgehead atoms. The predicted molar refractivity (Wildman–Crippen MR) is 59.8 cm³/mol. The maximum atomic E-state index is 11.5. The van der Waals surface area contributed by atoms with E-state index in [2.05, 4.69) is 0 Å². The number of benzene rings is 1. The van der Waals surface area contributed by atoms with E-state index in [0.717, 1.165) is 27.1 Å². The Hall–Kier alpha value is -0.990. The minimum Gasteiger partial charge on any atom is -0.253 e. The summed E-state index contributed by atoms with van der Waals surface area (Å²) in [5.74, 6) is 0. The Kier molecular flexibility index (Phi) is 2.25. The zero-order valence-corrected chi connectivity index (χ0v) is 9.56. The molecule has 0 fully saturated rings. The molecule has 2 aromatic rings. The van der Waals surface area contributed by atoms with Crippen molar-refractivity contribution in [2.75, 3.05) is 6.66 Å². The largest absolute Gasteiger partial charge is 0.467 e. The summed E-state index contributed by atoms with van der Waals surface area (Å²) in [4.78, 5) is 11.3. The standard InChI is InChI=1S/C9H9NO2PS/c1-6-3-4-8-7(5-6)10(13(2)12)9(11)14-8/h3-5H,1-2H3/q+1. The molecule has 1 aromatic heterocycles. The van der Waals surface area contributed by atoms with Crippen LogP contribution in [0.1, 0.15) is 5.56 Å². The van der Waals surface area contributed by atoms with Crippen molar-refractivity contribution in [3.63, 3.8) is 0 Å². The van der Waals surface area contributed by atoms with Gasteiger partial charge in [-0.15, -0.1) is 0 Å². The van der Waals surface area contributed by atoms with Crippen molar-refractivity contribution < 1.29 is 4.57 Å². The number of aromatic nitrogens is 1. The maximum Gasteiger partial charge on any atom is 0.467 e. The molecular weight excluding hydrogens is 217 g/mol. The Morgan fingerprint density at radius 2 is 2.14 bits per heavy atom. The molecule has 0 amide bonds. The molecule has 72 valence electrons. The fourth-order valence-electron chi connectivity index (χ4n) is 1.38. The van der Waals surface area contributed by atoms with E-state index in [9.17, 15) is 9.36 Å². The third-order valence-electron chi connectivity index (χ3n) is 1.99. The fourth-order valence-corrected chi connectivity index (χ4v) is 3.38. The summed E-state index contributed by atoms with van der Waals surface area (Å²) < 4.78 is 13.6. The summed E-state index contributed by atoms with van der Waals surface area (Å²) in [6.45, 7) is 3.50. The molecule has 0 N–H and O–H groups in total. The monoisotopic (exact) mass is 226 g/mol. The number of fused-ring (bicyclic) bond motifs is 1. The average Bonchev–Trinajstić information content (AvgIpc) is 2.40. The molecule has 1 atom stereocenters. The minimum absolute atomic E-state index is 0.144. The van der Waals surface area contributed by atoms with E-state index in [1.54, 1.807) is 6.66 Å². The van der Waals surface area contributed by atoms with Crippen LogP contribution in [0.4, 0.5) is 0 Å². The summed E-state index contributed by atoms with van der Waals surface area (Å²) in [5.41, 5.74) is 1.85. The van der Waals surface area contributed by atoms with Crippen LogP contribution in [-0.2, 0) is 4.57 Å². The van der Waals surface area contributed by atoms with E-state index in [0.29, 0.717) is 0 Å². The Labute approximate surface area is 85.8 Å². The molecule has 3 nitrogen and oxygen atoms in total. The number of aryl methyl sites for hydroxylation is 1. The molecule has 0 aliphatic carbocycles. The summed E-state index contributed by atoms with van der Waals surface area (Å²) in [5, 5.41) is 0. The quantitative estimate of drug-likeness (QED) is 0.701. The highest BCUT2D eigenvalue weighted by atomic mass is 32.1. The Balaban J connectivity index is 2.93. The SMILES string of the molecule is Cc1ccc2sc(=O)n([P+](C)=O)c2c1. The molecule has 0 saturated carbocycles. The second kappa shape index (κ2) is 3.30. The zero-order chi connectivity index (χ0) is 10.3. The van der Waals surface area contributed by atoms with Gasteiger partial charge < -0.3 is 0 Å². The lowest BCUT2D eigenvalue weighted by molar-refractivity contribution is 0.586. The van der Waals surface area contributed by atoms with Gasteiger partial charge in [0.15, 0.2) is 6.66 Å². The Morgan fingerprint density at radius 1 is 1.43 bits per heavy atom. The van der Waals surface area contributed by atoms with Crippen LogP contribution in [0.25, 0.3) is 10.2 Å². The van der Waals surface area contributed by atoms with Crippen LogP contribution in [0.15, 0.2) is 23.0 Å². The lowest BCUT2D eigenvalue weighted by atomic mass is 10.2. The normalized spacial score (nSPS) is 12.0. The van der Waals surface area contributed by atoms with Gasteiger partial charge in [-0.25, -0.2) is 0 Å². The molecule has 5 heteroatoms. The van der Waals surface area contributed by atoms with Crippen LogP contribution < -0.4 is 4.87 Å². The van der Waals surface area contributed by atoms with Crippen LogP contribution >= 0.6 is 19.3 Å². The second-order valence-corrected chi connectivity index (χ2v) is 5.44. The molecule has 0 aliphatic heterocycles. The van der Waals surface area contributed by atoms with E-state index in [1.165, 1.54) is 4.34 Å². The molecule has 1 heterocycles. The van der Waals surface area contributed by atoms with Crippen LogP contribution in [0, 0.1) is 6.92 Å². The molecular formula is C9H9NO2PS+. The van der Waals surface area contributed by atoms with Crippen LogP contribution in [0.5, 0.6) is 0 Å². The van der Waals surface area contributed by atoms with Crippen molar-refractivity contribution in [1.82, 2.24) is 4.34 Å². The first kappa shape index (κ1) is 9.56. The lowest BCUT2D eigenvalue weighted by Gasteiger charge is -1.91. The third-order valence-corrected chi connectivity index (χ3v) is 4.01. The Bertz CT molecular complexity index is 570. The van der Waals surface area contributed by atoms with E-state index in [4.69, 9.17) is 0 Å². The molecule has 0 aliphatic rings. The van der Waals surface area contributed by atoms with Crippen molar-refractivity contribution in [2.45, 2.75) is 6.92 Å². The molecule has 14 heavy (non-hydrogen) atoms. The van der Waals surface area contributed by atoms with Gasteiger partial charge in [0.2, 0.25) is 0 Å². The topological polar surface area (TPSA) is 39.1 Å². The second-order valence-electron chi connectivity index (χ2n) is 3.12. The molecule has 0 spiro atoms. The number of thiazole rings is 1. The number of hydrogen-bond acceptors (Lipinski definition) is 3. The third kappa shape index (κ3) is 1.41. The molecule has 0 saturated heterocycles. The van der Waals surface area contributed by atoms with E-state index in [-0.39, 0.29) is 4.87 Å². The predicted octanol–water partition coefficient (Wildman–Crippen LogP) is 2.59. The van der Waals surface area contributed by atoms with Crippen molar-refractivity contribution in [1.29, 1.82) is 0 Å². The highest BCUT2D eigenvalue weighted by molar-refractivity contribution is 7.42. The van der Waals surface area contributed by atoms with Gasteiger partial charge in [-0.2, -0.15) is 0 Å². The van der Waals surface area contributed by atoms with Crippen molar-refractivity contribution in [2.24, 2.45) is 0 Å². The van der Waals surface area contributed by atoms with Gasteiger partial charge in [0.25, 0.3) is 0 Å². The number of nitrogens with zero attached hydrogens (tertiary/aromatic N) is 1. The van der Waals surface area contributed by atoms with Crippen molar-refractivity contribution in [3.8, 4) is 0 Å². The van der Waals surface area contributed by atoms with Gasteiger partial charge in [0.1, 0.15) is 5.52 Å². The fraction of sp³-hybridized carbons (Fsp3) is 0.222.